The van der Waals surface area contributed by atoms with Gasteiger partial charge in [0.2, 0.25) is 5.89 Å². The van der Waals surface area contributed by atoms with Gasteiger partial charge in [0.15, 0.2) is 0 Å². The van der Waals surface area contributed by atoms with Crippen molar-refractivity contribution in [2.24, 2.45) is 5.92 Å². The number of unbranched alkanes of at least 4 members (excludes halogenated alkanes) is 3. The molecule has 1 heterocycles. The van der Waals surface area contributed by atoms with Crippen molar-refractivity contribution in [3.63, 3.8) is 0 Å². The minimum atomic E-state index is 0.751. The van der Waals surface area contributed by atoms with Crippen molar-refractivity contribution in [1.29, 1.82) is 0 Å². The van der Waals surface area contributed by atoms with Crippen LogP contribution < -0.4 is 5.32 Å². The van der Waals surface area contributed by atoms with Gasteiger partial charge in [0.05, 0.1) is 12.2 Å². The molecular weight excluding hydrogens is 224 g/mol. The van der Waals surface area contributed by atoms with Crippen molar-refractivity contribution >= 4 is 0 Å². The molecule has 0 unspecified atom stereocenters. The van der Waals surface area contributed by atoms with Crippen LogP contribution in [0.2, 0.25) is 0 Å². The van der Waals surface area contributed by atoms with Gasteiger partial charge in [-0.3, -0.25) is 0 Å². The van der Waals surface area contributed by atoms with Crippen molar-refractivity contribution in [2.75, 3.05) is 6.54 Å². The molecule has 1 aromatic rings. The fraction of sp³-hybridized carbons (Fsp3) is 0.800. The van der Waals surface area contributed by atoms with Crippen molar-refractivity contribution in [3.8, 4) is 0 Å². The number of hydrogen-bond acceptors (Lipinski definition) is 3. The number of aromatic nitrogens is 1. The van der Waals surface area contributed by atoms with Gasteiger partial charge in [0, 0.05) is 0 Å². The van der Waals surface area contributed by atoms with E-state index in [2.05, 4.69) is 24.1 Å². The molecule has 3 nitrogen and oxygen atoms in total. The first-order valence-electron chi connectivity index (χ1n) is 7.23. The average Bonchev–Trinajstić information content (AvgIpc) is 2.62. The molecular formula is C15H28N2O. The summed E-state index contributed by atoms with van der Waals surface area (Å²) in [7, 11) is 0. The van der Waals surface area contributed by atoms with E-state index in [9.17, 15) is 0 Å². The van der Waals surface area contributed by atoms with Gasteiger partial charge in [-0.2, -0.15) is 0 Å². The van der Waals surface area contributed by atoms with Crippen LogP contribution in [0.3, 0.4) is 0 Å². The van der Waals surface area contributed by atoms with Crippen LogP contribution in [0.5, 0.6) is 0 Å². The van der Waals surface area contributed by atoms with E-state index >= 15 is 0 Å². The molecule has 0 aliphatic heterocycles. The van der Waals surface area contributed by atoms with Crippen LogP contribution in [0.25, 0.3) is 0 Å². The Labute approximate surface area is 111 Å². The van der Waals surface area contributed by atoms with E-state index in [1.807, 2.05) is 13.8 Å². The SMILES string of the molecule is Cc1nc(CNCCCCCCC(C)C)oc1C. The maximum Gasteiger partial charge on any atom is 0.208 e. The quantitative estimate of drug-likeness (QED) is 0.675. The van der Waals surface area contributed by atoms with Crippen LogP contribution in [0.1, 0.15) is 63.3 Å². The molecule has 0 atom stereocenters. The molecule has 18 heavy (non-hydrogen) atoms. The van der Waals surface area contributed by atoms with Gasteiger partial charge in [0.1, 0.15) is 5.76 Å². The molecule has 0 saturated carbocycles. The van der Waals surface area contributed by atoms with Crippen LogP contribution >= 0.6 is 0 Å². The van der Waals surface area contributed by atoms with Crippen molar-refractivity contribution in [2.45, 2.75) is 66.3 Å². The molecule has 1 rings (SSSR count). The highest BCUT2D eigenvalue weighted by Gasteiger charge is 2.04. The highest BCUT2D eigenvalue weighted by atomic mass is 16.4. The van der Waals surface area contributed by atoms with Crippen molar-refractivity contribution in [3.05, 3.63) is 17.3 Å². The first-order chi connectivity index (χ1) is 8.59. The summed E-state index contributed by atoms with van der Waals surface area (Å²) in [5.41, 5.74) is 1.00. The Hall–Kier alpha value is -0.830. The summed E-state index contributed by atoms with van der Waals surface area (Å²) >= 11 is 0. The molecule has 0 amide bonds. The van der Waals surface area contributed by atoms with Gasteiger partial charge in [0.25, 0.3) is 0 Å². The lowest BCUT2D eigenvalue weighted by atomic mass is 10.0. The summed E-state index contributed by atoms with van der Waals surface area (Å²) in [6.07, 6.45) is 6.66. The summed E-state index contributed by atoms with van der Waals surface area (Å²) in [4.78, 5) is 4.35. The van der Waals surface area contributed by atoms with E-state index < -0.39 is 0 Å². The largest absolute Gasteiger partial charge is 0.444 e. The molecule has 1 N–H and O–H groups in total. The topological polar surface area (TPSA) is 38.1 Å². The third-order valence-electron chi connectivity index (χ3n) is 3.23. The number of aryl methyl sites for hydroxylation is 2. The minimum absolute atomic E-state index is 0.751. The molecule has 0 fully saturated rings. The zero-order valence-electron chi connectivity index (χ0n) is 12.4. The number of nitrogens with one attached hydrogen (secondary N) is 1. The van der Waals surface area contributed by atoms with E-state index in [1.54, 1.807) is 0 Å². The lowest BCUT2D eigenvalue weighted by Gasteiger charge is -2.04. The first kappa shape index (κ1) is 15.2. The van der Waals surface area contributed by atoms with E-state index in [0.717, 1.165) is 36.4 Å². The third kappa shape index (κ3) is 6.20. The Balaban J connectivity index is 1.96. The predicted molar refractivity (Wildman–Crippen MR) is 75.6 cm³/mol. The molecule has 104 valence electrons. The van der Waals surface area contributed by atoms with E-state index in [-0.39, 0.29) is 0 Å². The van der Waals surface area contributed by atoms with Gasteiger partial charge in [-0.15, -0.1) is 0 Å². The van der Waals surface area contributed by atoms with Gasteiger partial charge < -0.3 is 9.73 Å². The second-order valence-electron chi connectivity index (χ2n) is 5.52. The van der Waals surface area contributed by atoms with E-state index in [0.29, 0.717) is 0 Å². The second-order valence-corrected chi connectivity index (χ2v) is 5.52. The smallest absolute Gasteiger partial charge is 0.208 e. The van der Waals surface area contributed by atoms with Crippen LogP contribution in [0, 0.1) is 19.8 Å². The standard InChI is InChI=1S/C15H28N2O/c1-12(2)9-7-5-6-8-10-16-11-15-17-13(3)14(4)18-15/h12,16H,5-11H2,1-4H3. The van der Waals surface area contributed by atoms with Gasteiger partial charge in [-0.1, -0.05) is 39.5 Å². The predicted octanol–water partition coefficient (Wildman–Crippen LogP) is 3.99. The summed E-state index contributed by atoms with van der Waals surface area (Å²) in [5, 5.41) is 3.39. The Morgan fingerprint density at radius 1 is 1.11 bits per heavy atom. The minimum Gasteiger partial charge on any atom is -0.444 e. The molecule has 0 aromatic carbocycles. The van der Waals surface area contributed by atoms with Gasteiger partial charge in [-0.05, 0) is 32.7 Å². The fourth-order valence-corrected chi connectivity index (χ4v) is 1.97. The highest BCUT2D eigenvalue weighted by molar-refractivity contribution is 5.04. The molecule has 0 aliphatic carbocycles. The first-order valence-corrected chi connectivity index (χ1v) is 7.23. The molecule has 0 spiro atoms. The Kier molecular flexibility index (Phi) is 7.02. The maximum atomic E-state index is 5.51. The summed E-state index contributed by atoms with van der Waals surface area (Å²) in [5.74, 6) is 2.59. The Morgan fingerprint density at radius 3 is 2.44 bits per heavy atom. The van der Waals surface area contributed by atoms with Crippen molar-refractivity contribution in [1.82, 2.24) is 10.3 Å². The van der Waals surface area contributed by atoms with E-state index in [4.69, 9.17) is 4.42 Å². The number of oxazole rings is 1. The van der Waals surface area contributed by atoms with Crippen LogP contribution in [0.4, 0.5) is 0 Å². The maximum absolute atomic E-state index is 5.51. The highest BCUT2D eigenvalue weighted by Crippen LogP contribution is 2.09. The summed E-state index contributed by atoms with van der Waals surface area (Å²) in [6, 6.07) is 0. The van der Waals surface area contributed by atoms with Crippen molar-refractivity contribution < 1.29 is 4.42 Å². The molecule has 0 aliphatic rings. The summed E-state index contributed by atoms with van der Waals surface area (Å²) < 4.78 is 5.51. The number of nitrogens with zero attached hydrogens (tertiary/aromatic N) is 1. The second kappa shape index (κ2) is 8.30. The Morgan fingerprint density at radius 2 is 1.83 bits per heavy atom. The average molecular weight is 252 g/mol. The van der Waals surface area contributed by atoms with Gasteiger partial charge >= 0.3 is 0 Å². The molecule has 0 saturated heterocycles. The van der Waals surface area contributed by atoms with Crippen LogP contribution in [0.15, 0.2) is 4.42 Å². The lowest BCUT2D eigenvalue weighted by Crippen LogP contribution is -2.14. The fourth-order valence-electron chi connectivity index (χ4n) is 1.97. The van der Waals surface area contributed by atoms with Gasteiger partial charge in [-0.25, -0.2) is 4.98 Å². The summed E-state index contributed by atoms with van der Waals surface area (Å²) in [6.45, 7) is 10.3. The molecule has 1 aromatic heterocycles. The number of rotatable bonds is 9. The molecule has 3 heteroatoms. The monoisotopic (exact) mass is 252 g/mol. The third-order valence-corrected chi connectivity index (χ3v) is 3.23. The van der Waals surface area contributed by atoms with Crippen LogP contribution in [-0.2, 0) is 6.54 Å². The zero-order chi connectivity index (χ0) is 13.4. The zero-order valence-corrected chi connectivity index (χ0v) is 12.4. The normalized spacial score (nSPS) is 11.4. The number of hydrogen-bond donors (Lipinski definition) is 1. The molecule has 0 bridgehead atoms. The Bertz CT molecular complexity index is 312. The lowest BCUT2D eigenvalue weighted by molar-refractivity contribution is 0.444. The van der Waals surface area contributed by atoms with E-state index in [1.165, 1.54) is 32.1 Å². The molecule has 0 radical (unpaired) electrons. The van der Waals surface area contributed by atoms with Crippen LogP contribution in [-0.4, -0.2) is 11.5 Å².